The van der Waals surface area contributed by atoms with Crippen molar-refractivity contribution in [2.45, 2.75) is 25.7 Å². The lowest BCUT2D eigenvalue weighted by atomic mass is 9.77. The normalized spacial score (nSPS) is 25.0. The second kappa shape index (κ2) is 10.5. The predicted octanol–water partition coefficient (Wildman–Crippen LogP) is 1.95. The molecule has 4 atom stereocenters. The van der Waals surface area contributed by atoms with E-state index in [0.717, 1.165) is 24.2 Å². The first-order valence-electron chi connectivity index (χ1n) is 12.4. The van der Waals surface area contributed by atoms with E-state index < -0.39 is 29.7 Å². The number of carbonyl (C=O) groups is 3. The van der Waals surface area contributed by atoms with Crippen molar-refractivity contribution in [2.24, 2.45) is 23.5 Å². The zero-order valence-electron chi connectivity index (χ0n) is 20.9. The summed E-state index contributed by atoms with van der Waals surface area (Å²) < 4.78 is 10.8. The van der Waals surface area contributed by atoms with Crippen molar-refractivity contribution in [1.82, 2.24) is 25.6 Å². The summed E-state index contributed by atoms with van der Waals surface area (Å²) >= 11 is 0. The third kappa shape index (κ3) is 5.01. The first-order chi connectivity index (χ1) is 18.4. The first-order valence-corrected chi connectivity index (χ1v) is 12.4. The largest absolute Gasteiger partial charge is 0.445 e. The predicted molar refractivity (Wildman–Crippen MR) is 136 cm³/mol. The maximum absolute atomic E-state index is 13.1. The number of nitrogens with zero attached hydrogens (tertiary/aromatic N) is 4. The first kappa shape index (κ1) is 25.2. The van der Waals surface area contributed by atoms with Crippen molar-refractivity contribution in [1.29, 1.82) is 0 Å². The Morgan fingerprint density at radius 2 is 1.89 bits per heavy atom. The molecule has 5 rings (SSSR count). The molecule has 12 heteroatoms. The van der Waals surface area contributed by atoms with Crippen LogP contribution in [0.1, 0.15) is 18.9 Å². The highest BCUT2D eigenvalue weighted by Crippen LogP contribution is 2.39. The molecule has 0 saturated carbocycles. The van der Waals surface area contributed by atoms with Crippen LogP contribution in [0.3, 0.4) is 0 Å². The smallest absolute Gasteiger partial charge is 0.410 e. The lowest BCUT2D eigenvalue weighted by Crippen LogP contribution is -2.63. The van der Waals surface area contributed by atoms with Gasteiger partial charge in [-0.05, 0) is 29.9 Å². The lowest BCUT2D eigenvalue weighted by Gasteiger charge is -2.43. The molecule has 38 heavy (non-hydrogen) atoms. The van der Waals surface area contributed by atoms with Gasteiger partial charge in [-0.3, -0.25) is 10.1 Å². The van der Waals surface area contributed by atoms with Gasteiger partial charge in [0.25, 0.3) is 11.6 Å². The maximum Gasteiger partial charge on any atom is 0.410 e. The quantitative estimate of drug-likeness (QED) is 0.413. The van der Waals surface area contributed by atoms with Gasteiger partial charge in [-0.25, -0.2) is 24.5 Å². The number of amides is 3. The van der Waals surface area contributed by atoms with E-state index >= 15 is 0 Å². The number of nitrogens with two attached hydrogens (primary N) is 1. The molecule has 3 amide bonds. The topological polar surface area (TPSA) is 162 Å². The molecule has 0 radical (unpaired) electrons. The van der Waals surface area contributed by atoms with Crippen LogP contribution in [-0.4, -0.2) is 58.4 Å². The molecule has 4 heterocycles. The summed E-state index contributed by atoms with van der Waals surface area (Å²) in [6, 6.07) is 11.0. The molecule has 0 aliphatic carbocycles. The number of nitrogens with one attached hydrogen (secondary N) is 2. The van der Waals surface area contributed by atoms with Gasteiger partial charge in [-0.1, -0.05) is 37.3 Å². The monoisotopic (exact) mass is 519 g/mol. The Hall–Kier alpha value is -4.48. The Morgan fingerprint density at radius 3 is 2.68 bits per heavy atom. The molecular formula is C26H29N7O5. The number of piperidine rings is 1. The number of ether oxygens (including phenoxy) is 2. The highest BCUT2D eigenvalue weighted by atomic mass is 16.6. The molecule has 2 aromatic heterocycles. The highest BCUT2D eigenvalue weighted by molar-refractivity contribution is 5.93. The number of aromatic nitrogens is 3. The van der Waals surface area contributed by atoms with Crippen molar-refractivity contribution in [3.8, 4) is 0 Å². The number of primary amides is 1. The van der Waals surface area contributed by atoms with Gasteiger partial charge >= 0.3 is 12.2 Å². The number of fused-ring (bicyclic) bond motifs is 1. The van der Waals surface area contributed by atoms with E-state index in [0.29, 0.717) is 17.7 Å². The van der Waals surface area contributed by atoms with Crippen molar-refractivity contribution >= 4 is 34.9 Å². The van der Waals surface area contributed by atoms with Crippen LogP contribution in [0.4, 0.5) is 15.3 Å². The molecule has 0 bridgehead atoms. The fourth-order valence-electron chi connectivity index (χ4n) is 5.52. The van der Waals surface area contributed by atoms with Gasteiger partial charge in [0.1, 0.15) is 12.1 Å². The minimum absolute atomic E-state index is 0.0179. The SMILES string of the molecule is C[C@H]1C[C@H](C2CNC(=O)[C@]2(NC(=O)OCc2ccccc2)OC(N)=O)CN(c2ccnc3nccnc23)C1. The van der Waals surface area contributed by atoms with Crippen LogP contribution >= 0.6 is 0 Å². The van der Waals surface area contributed by atoms with Gasteiger partial charge < -0.3 is 25.4 Å². The van der Waals surface area contributed by atoms with Crippen LogP contribution in [0.25, 0.3) is 11.2 Å². The maximum atomic E-state index is 13.1. The van der Waals surface area contributed by atoms with Crippen LogP contribution in [0.5, 0.6) is 0 Å². The van der Waals surface area contributed by atoms with Crippen molar-refractivity contribution < 1.29 is 23.9 Å². The molecular weight excluding hydrogens is 490 g/mol. The fraction of sp³-hybridized carbons (Fsp3) is 0.385. The molecule has 2 aliphatic rings. The average Bonchev–Trinajstić information content (AvgIpc) is 3.21. The number of pyridine rings is 1. The van der Waals surface area contributed by atoms with Crippen molar-refractivity contribution in [2.75, 3.05) is 24.5 Å². The van der Waals surface area contributed by atoms with Crippen LogP contribution < -0.4 is 21.3 Å². The van der Waals surface area contributed by atoms with E-state index in [4.69, 9.17) is 15.2 Å². The Morgan fingerprint density at radius 1 is 1.13 bits per heavy atom. The van der Waals surface area contributed by atoms with Crippen LogP contribution in [0.15, 0.2) is 55.0 Å². The van der Waals surface area contributed by atoms with Gasteiger partial charge in [-0.2, -0.15) is 0 Å². The zero-order valence-corrected chi connectivity index (χ0v) is 20.9. The Labute approximate surface area is 218 Å². The van der Waals surface area contributed by atoms with E-state index in [1.165, 1.54) is 0 Å². The van der Waals surface area contributed by atoms with Crippen molar-refractivity contribution in [3.05, 3.63) is 60.6 Å². The van der Waals surface area contributed by atoms with E-state index in [2.05, 4.69) is 37.4 Å². The number of hydrogen-bond donors (Lipinski definition) is 3. The Kier molecular flexibility index (Phi) is 6.95. The van der Waals surface area contributed by atoms with Gasteiger partial charge in [0.15, 0.2) is 5.65 Å². The van der Waals surface area contributed by atoms with Gasteiger partial charge in [-0.15, -0.1) is 0 Å². The lowest BCUT2D eigenvalue weighted by molar-refractivity contribution is -0.143. The molecule has 2 fully saturated rings. The summed E-state index contributed by atoms with van der Waals surface area (Å²) in [5.41, 5.74) is 6.23. The molecule has 0 spiro atoms. The number of alkyl carbamates (subject to hydrolysis) is 1. The molecule has 2 saturated heterocycles. The summed E-state index contributed by atoms with van der Waals surface area (Å²) in [7, 11) is 0. The summed E-state index contributed by atoms with van der Waals surface area (Å²) in [6.45, 7) is 3.54. The van der Waals surface area contributed by atoms with Crippen LogP contribution in [0, 0.1) is 17.8 Å². The van der Waals surface area contributed by atoms with E-state index in [1.807, 2.05) is 24.3 Å². The zero-order chi connectivity index (χ0) is 26.7. The summed E-state index contributed by atoms with van der Waals surface area (Å²) in [5.74, 6) is -1.19. The minimum Gasteiger partial charge on any atom is -0.445 e. The van der Waals surface area contributed by atoms with E-state index in [9.17, 15) is 14.4 Å². The number of anilines is 1. The molecule has 12 nitrogen and oxygen atoms in total. The number of benzene rings is 1. The molecule has 1 unspecified atom stereocenters. The van der Waals surface area contributed by atoms with E-state index in [1.54, 1.807) is 30.7 Å². The van der Waals surface area contributed by atoms with Crippen LogP contribution in [-0.2, 0) is 20.9 Å². The number of rotatable bonds is 6. The molecule has 3 aromatic rings. The standard InChI is InChI=1S/C26H29N7O5/c1-16-11-18(14-33(13-16)20-7-8-29-22-21(20)28-9-10-30-22)19-12-31-23(34)26(19,38-24(27)35)32-25(36)37-15-17-5-3-2-4-6-17/h2-10,16,18-19H,11-15H2,1H3,(H2,27,35)(H,31,34)(H,32,36)/t16-,18-,19?,26+/m0/s1. The van der Waals surface area contributed by atoms with Gasteiger partial charge in [0, 0.05) is 44.1 Å². The third-order valence-corrected chi connectivity index (χ3v) is 7.06. The summed E-state index contributed by atoms with van der Waals surface area (Å²) in [4.78, 5) is 53.2. The molecule has 198 valence electrons. The molecule has 1 aromatic carbocycles. The number of hydrogen-bond acceptors (Lipinski definition) is 9. The Balaban J connectivity index is 1.41. The highest BCUT2D eigenvalue weighted by Gasteiger charge is 2.58. The van der Waals surface area contributed by atoms with Crippen LogP contribution in [0.2, 0.25) is 0 Å². The van der Waals surface area contributed by atoms with Gasteiger partial charge in [0.2, 0.25) is 0 Å². The fourth-order valence-corrected chi connectivity index (χ4v) is 5.52. The molecule has 2 aliphatic heterocycles. The van der Waals surface area contributed by atoms with E-state index in [-0.39, 0.29) is 25.0 Å². The average molecular weight is 520 g/mol. The minimum atomic E-state index is -2.01. The summed E-state index contributed by atoms with van der Waals surface area (Å²) in [6.07, 6.45) is 3.56. The third-order valence-electron chi connectivity index (χ3n) is 7.06. The summed E-state index contributed by atoms with van der Waals surface area (Å²) in [5, 5.41) is 5.29. The van der Waals surface area contributed by atoms with Crippen molar-refractivity contribution in [3.63, 3.8) is 0 Å². The second-order valence-corrected chi connectivity index (χ2v) is 9.72. The molecule has 4 N–H and O–H groups in total. The Bertz CT molecular complexity index is 1330. The number of carbonyl (C=O) groups excluding carboxylic acids is 3. The van der Waals surface area contributed by atoms with Gasteiger partial charge in [0.05, 0.1) is 5.69 Å². The second-order valence-electron chi connectivity index (χ2n) is 9.72.